The number of thiazole rings is 1. The van der Waals surface area contributed by atoms with E-state index in [0.29, 0.717) is 31.1 Å². The topological polar surface area (TPSA) is 66.9 Å². The standard InChI is InChI=1S/C22H26N4O3S/c1-28-18-8-7-16(13-19(18)29-2)14-23-22(27)26-11-9-25(10-12-26)15-21-24-17-5-3-4-6-20(17)30-21/h3-8,13H,9-12,14-15H2,1-2H3,(H,23,27). The SMILES string of the molecule is COc1ccc(CNC(=O)N2CCN(Cc3nc4ccccc4s3)CC2)cc1OC. The number of hydrogen-bond acceptors (Lipinski definition) is 6. The van der Waals surface area contributed by atoms with E-state index in [-0.39, 0.29) is 6.03 Å². The van der Waals surface area contributed by atoms with Crippen LogP contribution in [0.1, 0.15) is 10.6 Å². The minimum atomic E-state index is -0.0376. The maximum absolute atomic E-state index is 12.6. The van der Waals surface area contributed by atoms with Crippen molar-refractivity contribution in [3.63, 3.8) is 0 Å². The predicted octanol–water partition coefficient (Wildman–Crippen LogP) is 3.34. The lowest BCUT2D eigenvalue weighted by Crippen LogP contribution is -2.51. The first-order chi connectivity index (χ1) is 14.7. The highest BCUT2D eigenvalue weighted by atomic mass is 32.1. The van der Waals surface area contributed by atoms with E-state index in [0.717, 1.165) is 35.7 Å². The van der Waals surface area contributed by atoms with Gasteiger partial charge in [0, 0.05) is 32.7 Å². The fourth-order valence-corrected chi connectivity index (χ4v) is 4.58. The van der Waals surface area contributed by atoms with Gasteiger partial charge in [0.25, 0.3) is 0 Å². The molecule has 1 aromatic heterocycles. The molecule has 158 valence electrons. The van der Waals surface area contributed by atoms with Crippen LogP contribution in [0.4, 0.5) is 4.79 Å². The van der Waals surface area contributed by atoms with Gasteiger partial charge >= 0.3 is 6.03 Å². The summed E-state index contributed by atoms with van der Waals surface area (Å²) in [7, 11) is 3.21. The smallest absolute Gasteiger partial charge is 0.317 e. The van der Waals surface area contributed by atoms with Gasteiger partial charge in [0.05, 0.1) is 31.0 Å². The van der Waals surface area contributed by atoms with E-state index in [2.05, 4.69) is 22.3 Å². The van der Waals surface area contributed by atoms with E-state index in [1.54, 1.807) is 25.6 Å². The summed E-state index contributed by atoms with van der Waals surface area (Å²) in [6.45, 7) is 4.40. The number of methoxy groups -OCH3 is 2. The number of piperazine rings is 1. The maximum atomic E-state index is 12.6. The zero-order valence-corrected chi connectivity index (χ0v) is 18.1. The van der Waals surface area contributed by atoms with Gasteiger partial charge in [-0.1, -0.05) is 18.2 Å². The Morgan fingerprint density at radius 2 is 1.83 bits per heavy atom. The van der Waals surface area contributed by atoms with E-state index in [4.69, 9.17) is 14.5 Å². The quantitative estimate of drug-likeness (QED) is 0.655. The lowest BCUT2D eigenvalue weighted by Gasteiger charge is -2.34. The number of urea groups is 1. The summed E-state index contributed by atoms with van der Waals surface area (Å²) in [5.41, 5.74) is 2.03. The number of benzene rings is 2. The Kier molecular flexibility index (Phi) is 6.35. The highest BCUT2D eigenvalue weighted by molar-refractivity contribution is 7.18. The molecule has 2 heterocycles. The van der Waals surface area contributed by atoms with Crippen molar-refractivity contribution in [1.82, 2.24) is 20.1 Å². The number of para-hydroxylation sites is 1. The summed E-state index contributed by atoms with van der Waals surface area (Å²) < 4.78 is 11.8. The van der Waals surface area contributed by atoms with Crippen molar-refractivity contribution in [1.29, 1.82) is 0 Å². The number of aromatic nitrogens is 1. The third kappa shape index (κ3) is 4.66. The van der Waals surface area contributed by atoms with Gasteiger partial charge in [-0.05, 0) is 29.8 Å². The molecule has 0 spiro atoms. The van der Waals surface area contributed by atoms with Gasteiger partial charge in [-0.25, -0.2) is 9.78 Å². The molecule has 0 radical (unpaired) electrons. The molecule has 0 saturated carbocycles. The number of nitrogens with zero attached hydrogens (tertiary/aromatic N) is 3. The van der Waals surface area contributed by atoms with Gasteiger partial charge in [-0.15, -0.1) is 11.3 Å². The molecule has 0 aliphatic carbocycles. The number of hydrogen-bond donors (Lipinski definition) is 1. The van der Waals surface area contributed by atoms with Crippen LogP contribution >= 0.6 is 11.3 Å². The molecule has 1 aliphatic rings. The first kappa shape index (κ1) is 20.4. The monoisotopic (exact) mass is 426 g/mol. The average molecular weight is 427 g/mol. The lowest BCUT2D eigenvalue weighted by atomic mass is 10.2. The molecular weight excluding hydrogens is 400 g/mol. The van der Waals surface area contributed by atoms with Crippen molar-refractivity contribution >= 4 is 27.6 Å². The number of amides is 2. The summed E-state index contributed by atoms with van der Waals surface area (Å²) in [6, 6.07) is 13.8. The summed E-state index contributed by atoms with van der Waals surface area (Å²) in [4.78, 5) is 21.5. The van der Waals surface area contributed by atoms with Gasteiger partial charge in [-0.3, -0.25) is 4.90 Å². The molecule has 0 unspecified atom stereocenters. The van der Waals surface area contributed by atoms with Crippen molar-refractivity contribution in [3.8, 4) is 11.5 Å². The summed E-state index contributed by atoms with van der Waals surface area (Å²) in [5, 5.41) is 4.13. The van der Waals surface area contributed by atoms with Crippen LogP contribution in [0.15, 0.2) is 42.5 Å². The molecule has 30 heavy (non-hydrogen) atoms. The summed E-state index contributed by atoms with van der Waals surface area (Å²) >= 11 is 1.74. The van der Waals surface area contributed by atoms with Gasteiger partial charge in [-0.2, -0.15) is 0 Å². The van der Waals surface area contributed by atoms with Crippen LogP contribution in [0, 0.1) is 0 Å². The molecule has 1 aliphatic heterocycles. The van der Waals surface area contributed by atoms with Crippen molar-refractivity contribution in [2.45, 2.75) is 13.1 Å². The molecule has 4 rings (SSSR count). The van der Waals surface area contributed by atoms with Crippen LogP contribution in [-0.4, -0.2) is 61.2 Å². The van der Waals surface area contributed by atoms with Gasteiger partial charge in [0.15, 0.2) is 11.5 Å². The van der Waals surface area contributed by atoms with Crippen LogP contribution in [0.5, 0.6) is 11.5 Å². The summed E-state index contributed by atoms with van der Waals surface area (Å²) in [5.74, 6) is 1.34. The second-order valence-electron chi connectivity index (χ2n) is 7.19. The molecule has 8 heteroatoms. The number of nitrogens with one attached hydrogen (secondary N) is 1. The van der Waals surface area contributed by atoms with Gasteiger partial charge in [0.1, 0.15) is 5.01 Å². The zero-order valence-electron chi connectivity index (χ0n) is 17.3. The third-order valence-corrected chi connectivity index (χ3v) is 6.27. The molecule has 2 amide bonds. The van der Waals surface area contributed by atoms with E-state index >= 15 is 0 Å². The Morgan fingerprint density at radius 3 is 2.57 bits per heavy atom. The van der Waals surface area contributed by atoms with Gasteiger partial charge < -0.3 is 19.7 Å². The van der Waals surface area contributed by atoms with Crippen LogP contribution < -0.4 is 14.8 Å². The van der Waals surface area contributed by atoms with Crippen molar-refractivity contribution in [2.75, 3.05) is 40.4 Å². The normalized spacial score (nSPS) is 14.7. The van der Waals surface area contributed by atoms with Crippen molar-refractivity contribution in [3.05, 3.63) is 53.0 Å². The van der Waals surface area contributed by atoms with Crippen LogP contribution in [-0.2, 0) is 13.1 Å². The van der Waals surface area contributed by atoms with Gasteiger partial charge in [0.2, 0.25) is 0 Å². The Hall–Kier alpha value is -2.84. The van der Waals surface area contributed by atoms with Crippen LogP contribution in [0.25, 0.3) is 10.2 Å². The Bertz CT molecular complexity index is 982. The Labute approximate surface area is 180 Å². The Morgan fingerprint density at radius 1 is 1.07 bits per heavy atom. The molecule has 0 atom stereocenters. The molecular formula is C22H26N4O3S. The second-order valence-corrected chi connectivity index (χ2v) is 8.30. The molecule has 0 bridgehead atoms. The van der Waals surface area contributed by atoms with E-state index < -0.39 is 0 Å². The van der Waals surface area contributed by atoms with E-state index in [9.17, 15) is 4.79 Å². The number of fused-ring (bicyclic) bond motifs is 1. The van der Waals surface area contributed by atoms with Crippen LogP contribution in [0.2, 0.25) is 0 Å². The lowest BCUT2D eigenvalue weighted by molar-refractivity contribution is 0.135. The minimum Gasteiger partial charge on any atom is -0.493 e. The fraction of sp³-hybridized carbons (Fsp3) is 0.364. The maximum Gasteiger partial charge on any atom is 0.317 e. The second kappa shape index (κ2) is 9.32. The predicted molar refractivity (Wildman–Crippen MR) is 118 cm³/mol. The average Bonchev–Trinajstić information content (AvgIpc) is 3.20. The molecule has 1 N–H and O–H groups in total. The Balaban J connectivity index is 1.26. The first-order valence-corrected chi connectivity index (χ1v) is 10.8. The minimum absolute atomic E-state index is 0.0376. The summed E-state index contributed by atoms with van der Waals surface area (Å²) in [6.07, 6.45) is 0. The molecule has 7 nitrogen and oxygen atoms in total. The number of rotatable bonds is 6. The zero-order chi connectivity index (χ0) is 20.9. The molecule has 1 fully saturated rings. The highest BCUT2D eigenvalue weighted by Crippen LogP contribution is 2.27. The number of carbonyl (C=O) groups is 1. The van der Waals surface area contributed by atoms with Crippen molar-refractivity contribution < 1.29 is 14.3 Å². The van der Waals surface area contributed by atoms with E-state index in [1.807, 2.05) is 35.2 Å². The molecule has 3 aromatic rings. The number of carbonyl (C=O) groups excluding carboxylic acids is 1. The number of ether oxygens (including phenoxy) is 2. The van der Waals surface area contributed by atoms with E-state index in [1.165, 1.54) is 4.70 Å². The first-order valence-electron chi connectivity index (χ1n) is 9.97. The molecule has 1 saturated heterocycles. The van der Waals surface area contributed by atoms with Crippen LogP contribution in [0.3, 0.4) is 0 Å². The molecule has 2 aromatic carbocycles. The third-order valence-electron chi connectivity index (χ3n) is 5.25. The fourth-order valence-electron chi connectivity index (χ4n) is 3.57. The van der Waals surface area contributed by atoms with Crippen molar-refractivity contribution in [2.24, 2.45) is 0 Å². The largest absolute Gasteiger partial charge is 0.493 e. The highest BCUT2D eigenvalue weighted by Gasteiger charge is 2.22.